The van der Waals surface area contributed by atoms with Crippen LogP contribution in [0, 0.1) is 0 Å². The topological polar surface area (TPSA) is 33.2 Å². The van der Waals surface area contributed by atoms with Gasteiger partial charge in [0.25, 0.3) is 0 Å². The van der Waals surface area contributed by atoms with Gasteiger partial charge in [-0.05, 0) is 11.6 Å². The van der Waals surface area contributed by atoms with E-state index in [0.717, 1.165) is 4.90 Å². The molecule has 0 aliphatic carbocycles. The summed E-state index contributed by atoms with van der Waals surface area (Å²) in [6.45, 7) is 0.128. The van der Waals surface area contributed by atoms with Gasteiger partial charge in [-0.3, -0.25) is 9.78 Å². The van der Waals surface area contributed by atoms with Crippen LogP contribution in [0.25, 0.3) is 0 Å². The van der Waals surface area contributed by atoms with Gasteiger partial charge in [0.2, 0.25) is 5.91 Å². The Balaban J connectivity index is 2.53. The van der Waals surface area contributed by atoms with E-state index >= 15 is 0 Å². The SMILES string of the molecule is CN(Cc1cccnc1)C(=O)CC(F)(F)F. The number of alkyl halides is 3. The monoisotopic (exact) mass is 232 g/mol. The third kappa shape index (κ3) is 4.29. The first-order valence-electron chi connectivity index (χ1n) is 4.58. The molecule has 1 rings (SSSR count). The molecule has 0 aliphatic heterocycles. The molecule has 0 spiro atoms. The number of pyridine rings is 1. The van der Waals surface area contributed by atoms with Gasteiger partial charge in [-0.2, -0.15) is 13.2 Å². The summed E-state index contributed by atoms with van der Waals surface area (Å²) in [5.41, 5.74) is 0.695. The highest BCUT2D eigenvalue weighted by atomic mass is 19.4. The summed E-state index contributed by atoms with van der Waals surface area (Å²) in [5.74, 6) is -0.948. The average Bonchev–Trinajstić information content (AvgIpc) is 2.16. The van der Waals surface area contributed by atoms with E-state index in [-0.39, 0.29) is 6.54 Å². The van der Waals surface area contributed by atoms with Crippen LogP contribution >= 0.6 is 0 Å². The van der Waals surface area contributed by atoms with Crippen LogP contribution in [-0.2, 0) is 11.3 Å². The van der Waals surface area contributed by atoms with Crippen LogP contribution in [0.1, 0.15) is 12.0 Å². The second kappa shape index (κ2) is 4.96. The van der Waals surface area contributed by atoms with Gasteiger partial charge in [0.1, 0.15) is 6.42 Å². The predicted molar refractivity (Wildman–Crippen MR) is 51.4 cm³/mol. The van der Waals surface area contributed by atoms with E-state index in [1.165, 1.54) is 13.2 Å². The molecule has 1 amide bonds. The van der Waals surface area contributed by atoms with Gasteiger partial charge in [-0.1, -0.05) is 6.07 Å². The van der Waals surface area contributed by atoms with Crippen molar-refractivity contribution >= 4 is 5.91 Å². The first kappa shape index (κ1) is 12.5. The van der Waals surface area contributed by atoms with Crippen molar-refractivity contribution in [2.24, 2.45) is 0 Å². The van der Waals surface area contributed by atoms with Crippen molar-refractivity contribution in [2.45, 2.75) is 19.1 Å². The Hall–Kier alpha value is -1.59. The van der Waals surface area contributed by atoms with Crippen molar-refractivity contribution in [3.05, 3.63) is 30.1 Å². The standard InChI is InChI=1S/C10H11F3N2O/c1-15(9(16)5-10(11,12)13)7-8-3-2-4-14-6-8/h2-4,6H,5,7H2,1H3. The van der Waals surface area contributed by atoms with Crippen molar-refractivity contribution in [1.82, 2.24) is 9.88 Å². The second-order valence-corrected chi connectivity index (χ2v) is 3.40. The summed E-state index contributed by atoms with van der Waals surface area (Å²) in [6.07, 6.45) is -2.82. The van der Waals surface area contributed by atoms with E-state index < -0.39 is 18.5 Å². The smallest absolute Gasteiger partial charge is 0.341 e. The summed E-state index contributed by atoms with van der Waals surface area (Å²) in [6, 6.07) is 3.36. The minimum absolute atomic E-state index is 0.128. The minimum atomic E-state index is -4.46. The van der Waals surface area contributed by atoms with Crippen LogP contribution in [0.3, 0.4) is 0 Å². The van der Waals surface area contributed by atoms with Crippen LogP contribution in [0.2, 0.25) is 0 Å². The molecule has 0 aliphatic rings. The molecular formula is C10H11F3N2O. The highest BCUT2D eigenvalue weighted by Gasteiger charge is 2.32. The zero-order chi connectivity index (χ0) is 12.2. The molecule has 1 aromatic heterocycles. The molecular weight excluding hydrogens is 221 g/mol. The Bertz CT molecular complexity index is 351. The lowest BCUT2D eigenvalue weighted by atomic mass is 10.2. The van der Waals surface area contributed by atoms with Crippen molar-refractivity contribution in [1.29, 1.82) is 0 Å². The van der Waals surface area contributed by atoms with Crippen molar-refractivity contribution in [3.63, 3.8) is 0 Å². The summed E-state index contributed by atoms with van der Waals surface area (Å²) < 4.78 is 35.8. The Morgan fingerprint density at radius 1 is 1.50 bits per heavy atom. The third-order valence-electron chi connectivity index (χ3n) is 1.92. The predicted octanol–water partition coefficient (Wildman–Crippen LogP) is 1.99. The number of nitrogens with zero attached hydrogens (tertiary/aromatic N) is 2. The highest BCUT2D eigenvalue weighted by molar-refractivity contribution is 5.76. The Labute approximate surface area is 90.9 Å². The molecule has 0 fully saturated rings. The first-order valence-corrected chi connectivity index (χ1v) is 4.58. The zero-order valence-electron chi connectivity index (χ0n) is 8.66. The van der Waals surface area contributed by atoms with E-state index in [0.29, 0.717) is 5.56 Å². The summed E-state index contributed by atoms with van der Waals surface area (Å²) >= 11 is 0. The molecule has 0 radical (unpaired) electrons. The third-order valence-corrected chi connectivity index (χ3v) is 1.92. The van der Waals surface area contributed by atoms with Crippen molar-refractivity contribution in [2.75, 3.05) is 7.05 Å². The summed E-state index contributed by atoms with van der Waals surface area (Å²) in [5, 5.41) is 0. The van der Waals surface area contributed by atoms with Crippen molar-refractivity contribution < 1.29 is 18.0 Å². The van der Waals surface area contributed by atoms with Gasteiger partial charge >= 0.3 is 6.18 Å². The number of carbonyl (C=O) groups is 1. The van der Waals surface area contributed by atoms with Crippen LogP contribution in [0.4, 0.5) is 13.2 Å². The molecule has 0 saturated carbocycles. The molecule has 1 aromatic rings. The second-order valence-electron chi connectivity index (χ2n) is 3.40. The van der Waals surface area contributed by atoms with Crippen molar-refractivity contribution in [3.8, 4) is 0 Å². The summed E-state index contributed by atoms with van der Waals surface area (Å²) in [4.78, 5) is 16.0. The van der Waals surface area contributed by atoms with E-state index in [2.05, 4.69) is 4.98 Å². The molecule has 3 nitrogen and oxygen atoms in total. The maximum Gasteiger partial charge on any atom is 0.397 e. The number of hydrogen-bond donors (Lipinski definition) is 0. The molecule has 16 heavy (non-hydrogen) atoms. The van der Waals surface area contributed by atoms with Crippen LogP contribution in [-0.4, -0.2) is 29.0 Å². The molecule has 1 heterocycles. The maximum atomic E-state index is 11.9. The fourth-order valence-corrected chi connectivity index (χ4v) is 1.16. The van der Waals surface area contributed by atoms with Gasteiger partial charge in [-0.15, -0.1) is 0 Å². The first-order chi connectivity index (χ1) is 7.38. The molecule has 0 N–H and O–H groups in total. The maximum absolute atomic E-state index is 11.9. The number of hydrogen-bond acceptors (Lipinski definition) is 2. The van der Waals surface area contributed by atoms with Gasteiger partial charge in [0, 0.05) is 26.0 Å². The number of halogens is 3. The van der Waals surface area contributed by atoms with Gasteiger partial charge < -0.3 is 4.90 Å². The number of amides is 1. The lowest BCUT2D eigenvalue weighted by Gasteiger charge is -2.17. The summed E-state index contributed by atoms with van der Waals surface area (Å²) in [7, 11) is 1.33. The molecule has 88 valence electrons. The van der Waals surface area contributed by atoms with E-state index in [9.17, 15) is 18.0 Å². The molecule has 0 atom stereocenters. The lowest BCUT2D eigenvalue weighted by Crippen LogP contribution is -2.30. The number of rotatable bonds is 3. The fourth-order valence-electron chi connectivity index (χ4n) is 1.16. The van der Waals surface area contributed by atoms with E-state index in [4.69, 9.17) is 0 Å². The molecule has 0 saturated heterocycles. The minimum Gasteiger partial charge on any atom is -0.341 e. The molecule has 0 bridgehead atoms. The quantitative estimate of drug-likeness (QED) is 0.798. The molecule has 0 aromatic carbocycles. The zero-order valence-corrected chi connectivity index (χ0v) is 8.66. The number of aromatic nitrogens is 1. The Morgan fingerprint density at radius 3 is 2.69 bits per heavy atom. The Morgan fingerprint density at radius 2 is 2.19 bits per heavy atom. The molecule has 0 unspecified atom stereocenters. The average molecular weight is 232 g/mol. The lowest BCUT2D eigenvalue weighted by molar-refractivity contribution is -0.160. The normalized spacial score (nSPS) is 11.2. The Kier molecular flexibility index (Phi) is 3.87. The van der Waals surface area contributed by atoms with Gasteiger partial charge in [-0.25, -0.2) is 0 Å². The highest BCUT2D eigenvalue weighted by Crippen LogP contribution is 2.20. The fraction of sp³-hybridized carbons (Fsp3) is 0.400. The van der Waals surface area contributed by atoms with E-state index in [1.54, 1.807) is 18.3 Å². The van der Waals surface area contributed by atoms with E-state index in [1.807, 2.05) is 0 Å². The number of carbonyl (C=O) groups excluding carboxylic acids is 1. The van der Waals surface area contributed by atoms with Gasteiger partial charge in [0.05, 0.1) is 0 Å². The molecule has 6 heteroatoms. The van der Waals surface area contributed by atoms with Crippen LogP contribution < -0.4 is 0 Å². The van der Waals surface area contributed by atoms with Gasteiger partial charge in [0.15, 0.2) is 0 Å². The largest absolute Gasteiger partial charge is 0.397 e. The van der Waals surface area contributed by atoms with Crippen LogP contribution in [0.15, 0.2) is 24.5 Å². The van der Waals surface area contributed by atoms with Crippen LogP contribution in [0.5, 0.6) is 0 Å².